The second kappa shape index (κ2) is 4.23. The predicted molar refractivity (Wildman–Crippen MR) is 58.1 cm³/mol. The maximum atomic E-state index is 11.8. The SMILES string of the molecule is CC1(C)C(=O)N(C(CCC(=O)O)C(=O)O)S1(=O)=O. The molecule has 1 atom stereocenters. The molecular weight excluding hydrogens is 266 g/mol. The van der Waals surface area contributed by atoms with Crippen molar-refractivity contribution in [2.45, 2.75) is 37.5 Å². The van der Waals surface area contributed by atoms with Crippen LogP contribution in [0.1, 0.15) is 26.7 Å². The molecule has 0 aliphatic carbocycles. The predicted octanol–water partition coefficient (Wildman–Crippen LogP) is -0.745. The molecule has 0 saturated carbocycles. The van der Waals surface area contributed by atoms with Crippen molar-refractivity contribution in [3.63, 3.8) is 0 Å². The van der Waals surface area contributed by atoms with Crippen LogP contribution in [0.2, 0.25) is 0 Å². The van der Waals surface area contributed by atoms with Gasteiger partial charge in [-0.2, -0.15) is 0 Å². The molecule has 1 aliphatic rings. The van der Waals surface area contributed by atoms with Gasteiger partial charge in [0.15, 0.2) is 4.75 Å². The molecule has 0 aromatic carbocycles. The molecule has 1 heterocycles. The maximum absolute atomic E-state index is 11.8. The third-order valence-corrected chi connectivity index (χ3v) is 5.22. The fourth-order valence-corrected chi connectivity index (χ4v) is 3.26. The van der Waals surface area contributed by atoms with Crippen LogP contribution in [-0.2, 0) is 24.4 Å². The molecule has 1 amide bonds. The van der Waals surface area contributed by atoms with Crippen molar-refractivity contribution in [3.8, 4) is 0 Å². The lowest BCUT2D eigenvalue weighted by Crippen LogP contribution is -2.71. The van der Waals surface area contributed by atoms with E-state index in [2.05, 4.69) is 0 Å². The van der Waals surface area contributed by atoms with Gasteiger partial charge in [-0.05, 0) is 20.3 Å². The van der Waals surface area contributed by atoms with Crippen LogP contribution in [0, 0.1) is 0 Å². The fraction of sp³-hybridized carbons (Fsp3) is 0.667. The number of hydrogen-bond acceptors (Lipinski definition) is 5. The second-order valence-electron chi connectivity index (χ2n) is 4.40. The van der Waals surface area contributed by atoms with Crippen LogP contribution in [0.4, 0.5) is 0 Å². The van der Waals surface area contributed by atoms with Crippen molar-refractivity contribution in [2.75, 3.05) is 0 Å². The number of carbonyl (C=O) groups is 3. The molecule has 18 heavy (non-hydrogen) atoms. The minimum absolute atomic E-state index is 0.262. The topological polar surface area (TPSA) is 129 Å². The Labute approximate surface area is 103 Å². The summed E-state index contributed by atoms with van der Waals surface area (Å²) in [5.74, 6) is -3.63. The van der Waals surface area contributed by atoms with E-state index < -0.39 is 51.5 Å². The van der Waals surface area contributed by atoms with E-state index in [1.165, 1.54) is 13.8 Å². The molecule has 9 heteroatoms. The monoisotopic (exact) mass is 279 g/mol. The Hall–Kier alpha value is -1.64. The summed E-state index contributed by atoms with van der Waals surface area (Å²) in [6.07, 6.45) is -0.984. The summed E-state index contributed by atoms with van der Waals surface area (Å²) in [4.78, 5) is 32.9. The number of carbonyl (C=O) groups excluding carboxylic acids is 1. The molecule has 1 saturated heterocycles. The summed E-state index contributed by atoms with van der Waals surface area (Å²) in [5, 5.41) is 17.4. The average molecular weight is 279 g/mol. The van der Waals surface area contributed by atoms with Crippen LogP contribution >= 0.6 is 0 Å². The molecule has 1 rings (SSSR count). The van der Waals surface area contributed by atoms with Gasteiger partial charge in [-0.3, -0.25) is 9.59 Å². The smallest absolute Gasteiger partial charge is 0.327 e. The molecule has 0 aromatic heterocycles. The molecular formula is C9H13NO7S. The van der Waals surface area contributed by atoms with Gasteiger partial charge in [-0.1, -0.05) is 0 Å². The van der Waals surface area contributed by atoms with Gasteiger partial charge in [0.2, 0.25) is 0 Å². The highest BCUT2D eigenvalue weighted by Gasteiger charge is 2.63. The zero-order chi connectivity index (χ0) is 14.3. The van der Waals surface area contributed by atoms with Crippen LogP contribution in [0.3, 0.4) is 0 Å². The van der Waals surface area contributed by atoms with E-state index in [-0.39, 0.29) is 4.31 Å². The van der Waals surface area contributed by atoms with Crippen molar-refractivity contribution in [3.05, 3.63) is 0 Å². The summed E-state index contributed by atoms with van der Waals surface area (Å²) in [5.41, 5.74) is 0. The van der Waals surface area contributed by atoms with Crippen molar-refractivity contribution in [1.82, 2.24) is 4.31 Å². The standard InChI is InChI=1S/C9H13NO7S/c1-9(2)8(15)10(18(9,16)17)5(7(13)14)3-4-6(11)12/h5H,3-4H2,1-2H3,(H,11,12)(H,13,14). The highest BCUT2D eigenvalue weighted by atomic mass is 32.2. The number of aliphatic carboxylic acids is 2. The first-order chi connectivity index (χ1) is 8.03. The Morgan fingerprint density at radius 2 is 1.83 bits per heavy atom. The van der Waals surface area contributed by atoms with E-state index in [0.717, 1.165) is 0 Å². The lowest BCUT2D eigenvalue weighted by molar-refractivity contribution is -0.149. The Balaban J connectivity index is 3.00. The molecule has 1 aliphatic heterocycles. The maximum Gasteiger partial charge on any atom is 0.327 e. The summed E-state index contributed by atoms with van der Waals surface area (Å²) in [6.45, 7) is 2.36. The zero-order valence-corrected chi connectivity index (χ0v) is 10.6. The number of carboxylic acid groups (broad SMARTS) is 2. The lowest BCUT2D eigenvalue weighted by atomic mass is 10.1. The fourth-order valence-electron chi connectivity index (χ4n) is 1.60. The molecule has 0 aromatic rings. The highest BCUT2D eigenvalue weighted by Crippen LogP contribution is 2.37. The highest BCUT2D eigenvalue weighted by molar-refractivity contribution is 7.94. The first-order valence-corrected chi connectivity index (χ1v) is 6.50. The Morgan fingerprint density at radius 1 is 1.33 bits per heavy atom. The quantitative estimate of drug-likeness (QED) is 0.677. The minimum Gasteiger partial charge on any atom is -0.481 e. The third-order valence-electron chi connectivity index (χ3n) is 2.82. The van der Waals surface area contributed by atoms with Gasteiger partial charge < -0.3 is 10.2 Å². The molecule has 102 valence electrons. The largest absolute Gasteiger partial charge is 0.481 e. The van der Waals surface area contributed by atoms with E-state index in [1.54, 1.807) is 0 Å². The molecule has 8 nitrogen and oxygen atoms in total. The van der Waals surface area contributed by atoms with Crippen LogP contribution in [0.25, 0.3) is 0 Å². The normalized spacial score (nSPS) is 22.1. The van der Waals surface area contributed by atoms with Gasteiger partial charge in [-0.15, -0.1) is 0 Å². The summed E-state index contributed by atoms with van der Waals surface area (Å²) < 4.78 is 22.1. The molecule has 0 spiro atoms. The van der Waals surface area contributed by atoms with E-state index in [1.807, 2.05) is 0 Å². The molecule has 0 radical (unpaired) electrons. The lowest BCUT2D eigenvalue weighted by Gasteiger charge is -2.45. The van der Waals surface area contributed by atoms with Crippen molar-refractivity contribution in [1.29, 1.82) is 0 Å². The molecule has 1 fully saturated rings. The Kier molecular flexibility index (Phi) is 3.39. The van der Waals surface area contributed by atoms with Crippen LogP contribution in [0.5, 0.6) is 0 Å². The summed E-state index contributed by atoms with van der Waals surface area (Å²) >= 11 is 0. The van der Waals surface area contributed by atoms with Crippen LogP contribution in [-0.4, -0.2) is 51.6 Å². The first kappa shape index (κ1) is 14.4. The third kappa shape index (κ3) is 1.94. The number of nitrogens with zero attached hydrogens (tertiary/aromatic N) is 1. The van der Waals surface area contributed by atoms with E-state index >= 15 is 0 Å². The number of carboxylic acids is 2. The van der Waals surface area contributed by atoms with Gasteiger partial charge in [0, 0.05) is 6.42 Å². The van der Waals surface area contributed by atoms with Gasteiger partial charge >= 0.3 is 11.9 Å². The summed E-state index contributed by atoms with van der Waals surface area (Å²) in [6, 6.07) is -1.66. The summed E-state index contributed by atoms with van der Waals surface area (Å²) in [7, 11) is -4.03. The van der Waals surface area contributed by atoms with Crippen LogP contribution in [0.15, 0.2) is 0 Å². The minimum atomic E-state index is -4.03. The van der Waals surface area contributed by atoms with Crippen LogP contribution < -0.4 is 0 Å². The first-order valence-electron chi connectivity index (χ1n) is 5.06. The van der Waals surface area contributed by atoms with Crippen molar-refractivity contribution in [2.24, 2.45) is 0 Å². The van der Waals surface area contributed by atoms with E-state index in [4.69, 9.17) is 10.2 Å². The number of amides is 1. The van der Waals surface area contributed by atoms with E-state index in [9.17, 15) is 22.8 Å². The second-order valence-corrected chi connectivity index (χ2v) is 6.77. The molecule has 0 bridgehead atoms. The Bertz CT molecular complexity index is 507. The van der Waals surface area contributed by atoms with Gasteiger partial charge in [0.05, 0.1) is 0 Å². The average Bonchev–Trinajstić information content (AvgIpc) is 2.21. The van der Waals surface area contributed by atoms with Gasteiger partial charge in [-0.25, -0.2) is 17.5 Å². The van der Waals surface area contributed by atoms with E-state index in [0.29, 0.717) is 0 Å². The number of hydrogen-bond donors (Lipinski definition) is 2. The molecule has 1 unspecified atom stereocenters. The van der Waals surface area contributed by atoms with Crippen molar-refractivity contribution < 1.29 is 33.0 Å². The number of rotatable bonds is 5. The molecule has 2 N–H and O–H groups in total. The zero-order valence-electron chi connectivity index (χ0n) is 9.78. The van der Waals surface area contributed by atoms with Gasteiger partial charge in [0.25, 0.3) is 15.9 Å². The van der Waals surface area contributed by atoms with Gasteiger partial charge in [0.1, 0.15) is 6.04 Å². The Morgan fingerprint density at radius 3 is 2.17 bits per heavy atom. The number of sulfonamides is 1. The van der Waals surface area contributed by atoms with Crippen molar-refractivity contribution >= 4 is 27.9 Å².